The number of hydrogen-bond donors (Lipinski definition) is 0. The normalized spacial score (nSPS) is 22.4. The maximum Gasteiger partial charge on any atom is 0.261 e. The highest BCUT2D eigenvalue weighted by Gasteiger charge is 2.37. The average Bonchev–Trinajstić information content (AvgIpc) is 2.94. The van der Waals surface area contributed by atoms with E-state index in [2.05, 4.69) is 23.0 Å². The molecule has 2 aliphatic heterocycles. The van der Waals surface area contributed by atoms with Crippen molar-refractivity contribution in [1.82, 2.24) is 0 Å². The van der Waals surface area contributed by atoms with Crippen LogP contribution in [-0.4, -0.2) is 22.7 Å². The van der Waals surface area contributed by atoms with Gasteiger partial charge in [0.25, 0.3) is 5.91 Å². The number of halogens is 1. The molecular formula is C12H9ClN2OS2. The molecule has 0 aromatic carbocycles. The fraction of sp³-hybridized carbons (Fsp3) is 0.250. The van der Waals surface area contributed by atoms with Crippen LogP contribution < -0.4 is 0 Å². The van der Waals surface area contributed by atoms with Gasteiger partial charge in [-0.3, -0.25) is 4.79 Å². The summed E-state index contributed by atoms with van der Waals surface area (Å²) in [4.78, 5) is 22.7. The Kier molecular flexibility index (Phi) is 3.13. The zero-order chi connectivity index (χ0) is 12.7. The van der Waals surface area contributed by atoms with Crippen molar-refractivity contribution in [2.24, 2.45) is 15.9 Å². The van der Waals surface area contributed by atoms with Gasteiger partial charge in [-0.1, -0.05) is 11.8 Å². The Morgan fingerprint density at radius 2 is 2.22 bits per heavy atom. The topological polar surface area (TPSA) is 41.8 Å². The van der Waals surface area contributed by atoms with E-state index in [4.69, 9.17) is 11.6 Å². The van der Waals surface area contributed by atoms with Crippen LogP contribution in [0.25, 0.3) is 5.57 Å². The van der Waals surface area contributed by atoms with E-state index in [0.717, 1.165) is 15.5 Å². The van der Waals surface area contributed by atoms with Gasteiger partial charge < -0.3 is 0 Å². The number of carbonyl (C=O) groups is 1. The molecule has 1 atom stereocenters. The number of rotatable bonds is 2. The number of aliphatic imine (C=N–C) groups is 2. The Morgan fingerprint density at radius 3 is 2.89 bits per heavy atom. The van der Waals surface area contributed by atoms with Crippen molar-refractivity contribution >= 4 is 57.1 Å². The zero-order valence-electron chi connectivity index (χ0n) is 9.51. The van der Waals surface area contributed by atoms with Crippen molar-refractivity contribution in [3.05, 3.63) is 27.3 Å². The van der Waals surface area contributed by atoms with Gasteiger partial charge in [0.05, 0.1) is 10.9 Å². The van der Waals surface area contributed by atoms with Gasteiger partial charge in [-0.05, 0) is 30.0 Å². The van der Waals surface area contributed by atoms with Crippen molar-refractivity contribution < 1.29 is 4.79 Å². The molecule has 92 valence electrons. The fourth-order valence-corrected chi connectivity index (χ4v) is 4.06. The predicted molar refractivity (Wildman–Crippen MR) is 78.7 cm³/mol. The van der Waals surface area contributed by atoms with E-state index in [1.54, 1.807) is 11.3 Å². The van der Waals surface area contributed by atoms with Crippen LogP contribution in [0.5, 0.6) is 0 Å². The van der Waals surface area contributed by atoms with Crippen molar-refractivity contribution in [2.75, 3.05) is 5.88 Å². The van der Waals surface area contributed by atoms with Crippen LogP contribution in [0.2, 0.25) is 0 Å². The largest absolute Gasteiger partial charge is 0.271 e. The molecule has 0 N–H and O–H groups in total. The summed E-state index contributed by atoms with van der Waals surface area (Å²) in [6, 6.07) is 4.10. The summed E-state index contributed by atoms with van der Waals surface area (Å²) in [5.41, 5.74) is 1.01. The molecule has 0 saturated heterocycles. The minimum absolute atomic E-state index is 0.155. The Balaban J connectivity index is 1.97. The summed E-state index contributed by atoms with van der Waals surface area (Å²) < 4.78 is 0. The van der Waals surface area contributed by atoms with Gasteiger partial charge in [0.2, 0.25) is 0 Å². The van der Waals surface area contributed by atoms with Gasteiger partial charge in [-0.15, -0.1) is 22.9 Å². The number of carbonyl (C=O) groups excluding carboxylic acids is 1. The van der Waals surface area contributed by atoms with Gasteiger partial charge >= 0.3 is 0 Å². The van der Waals surface area contributed by atoms with Crippen molar-refractivity contribution in [2.45, 2.75) is 6.92 Å². The number of hydrogen-bond acceptors (Lipinski definition) is 4. The summed E-state index contributed by atoms with van der Waals surface area (Å²) >= 11 is 8.86. The minimum atomic E-state index is -0.319. The van der Waals surface area contributed by atoms with Crippen molar-refractivity contribution in [1.29, 1.82) is 0 Å². The second kappa shape index (κ2) is 4.64. The van der Waals surface area contributed by atoms with Crippen LogP contribution >= 0.6 is 34.7 Å². The third-order valence-corrected chi connectivity index (χ3v) is 4.96. The Labute approximate surface area is 118 Å². The molecule has 0 spiro atoms. The third-order valence-electron chi connectivity index (χ3n) is 2.73. The highest BCUT2D eigenvalue weighted by molar-refractivity contribution is 8.17. The molecule has 18 heavy (non-hydrogen) atoms. The van der Waals surface area contributed by atoms with Crippen LogP contribution in [0, 0.1) is 12.8 Å². The second-order valence-corrected chi connectivity index (χ2v) is 6.43. The smallest absolute Gasteiger partial charge is 0.261 e. The second-order valence-electron chi connectivity index (χ2n) is 3.98. The molecule has 1 amide bonds. The first kappa shape index (κ1) is 12.1. The molecule has 6 heteroatoms. The van der Waals surface area contributed by atoms with Gasteiger partial charge in [-0.25, -0.2) is 4.99 Å². The average molecular weight is 297 g/mol. The molecule has 3 rings (SSSR count). The lowest BCUT2D eigenvalue weighted by molar-refractivity contribution is -0.118. The molecular weight excluding hydrogens is 288 g/mol. The van der Waals surface area contributed by atoms with Gasteiger partial charge in [0, 0.05) is 9.75 Å². The molecule has 3 heterocycles. The highest BCUT2D eigenvalue weighted by Crippen LogP contribution is 2.42. The first-order valence-electron chi connectivity index (χ1n) is 5.38. The van der Waals surface area contributed by atoms with Gasteiger partial charge in [0.1, 0.15) is 11.8 Å². The van der Waals surface area contributed by atoms with E-state index in [-0.39, 0.29) is 17.7 Å². The van der Waals surface area contributed by atoms with Crippen LogP contribution in [-0.2, 0) is 4.79 Å². The standard InChI is InChI=1S/C12H9ClN2OS2/c1-6-2-3-8(18-6)7-5-17-12-10(7)11(16)14-9(4-13)15-12/h2-3,5,10H,4H2,1H3. The summed E-state index contributed by atoms with van der Waals surface area (Å²) in [7, 11) is 0. The number of aryl methyl sites for hydroxylation is 1. The van der Waals surface area contributed by atoms with Crippen molar-refractivity contribution in [3.63, 3.8) is 0 Å². The quantitative estimate of drug-likeness (QED) is 0.786. The summed E-state index contributed by atoms with van der Waals surface area (Å²) in [5.74, 6) is 0.117. The summed E-state index contributed by atoms with van der Waals surface area (Å²) in [5, 5.41) is 2.80. The molecule has 1 unspecified atom stereocenters. The number of thiophene rings is 1. The predicted octanol–water partition coefficient (Wildman–Crippen LogP) is 3.34. The van der Waals surface area contributed by atoms with Crippen LogP contribution in [0.4, 0.5) is 0 Å². The lowest BCUT2D eigenvalue weighted by Crippen LogP contribution is -2.25. The van der Waals surface area contributed by atoms with Crippen LogP contribution in [0.1, 0.15) is 9.75 Å². The lowest BCUT2D eigenvalue weighted by Gasteiger charge is -2.15. The summed E-state index contributed by atoms with van der Waals surface area (Å²) in [6.07, 6.45) is 0. The Hall–Kier alpha value is -0.910. The maximum absolute atomic E-state index is 12.1. The molecule has 0 saturated carbocycles. The van der Waals surface area contributed by atoms with E-state index in [1.807, 2.05) is 11.5 Å². The summed E-state index contributed by atoms with van der Waals surface area (Å²) in [6.45, 7) is 2.05. The molecule has 0 bridgehead atoms. The molecule has 3 nitrogen and oxygen atoms in total. The number of thioether (sulfide) groups is 1. The lowest BCUT2D eigenvalue weighted by atomic mass is 9.99. The molecule has 0 radical (unpaired) electrons. The Bertz CT molecular complexity index is 615. The highest BCUT2D eigenvalue weighted by atomic mass is 35.5. The maximum atomic E-state index is 12.1. The number of nitrogens with zero attached hydrogens (tertiary/aromatic N) is 2. The first-order valence-corrected chi connectivity index (χ1v) is 7.61. The fourth-order valence-electron chi connectivity index (χ4n) is 1.92. The molecule has 0 fully saturated rings. The zero-order valence-corrected chi connectivity index (χ0v) is 11.9. The van der Waals surface area contributed by atoms with Crippen LogP contribution in [0.15, 0.2) is 27.5 Å². The molecule has 1 aromatic heterocycles. The van der Waals surface area contributed by atoms with Crippen LogP contribution in [0.3, 0.4) is 0 Å². The number of amides is 1. The van der Waals surface area contributed by atoms with E-state index in [9.17, 15) is 4.79 Å². The SMILES string of the molecule is Cc1ccc(C2=CSC3=NC(CCl)=NC(=O)C23)s1. The van der Waals surface area contributed by atoms with E-state index in [0.29, 0.717) is 5.84 Å². The monoisotopic (exact) mass is 296 g/mol. The number of fused-ring (bicyclic) bond motifs is 1. The van der Waals surface area contributed by atoms with E-state index in [1.165, 1.54) is 16.6 Å². The number of amidine groups is 1. The first-order chi connectivity index (χ1) is 8.69. The van der Waals surface area contributed by atoms with Gasteiger partial charge in [-0.2, -0.15) is 4.99 Å². The van der Waals surface area contributed by atoms with E-state index >= 15 is 0 Å². The molecule has 0 aliphatic carbocycles. The number of alkyl halides is 1. The molecule has 2 aliphatic rings. The van der Waals surface area contributed by atoms with E-state index < -0.39 is 0 Å². The minimum Gasteiger partial charge on any atom is -0.271 e. The molecule has 1 aromatic rings. The van der Waals surface area contributed by atoms with Gasteiger partial charge in [0.15, 0.2) is 0 Å². The Morgan fingerprint density at radius 1 is 1.39 bits per heavy atom. The van der Waals surface area contributed by atoms with Crippen molar-refractivity contribution in [3.8, 4) is 0 Å². The third kappa shape index (κ3) is 1.96.